The van der Waals surface area contributed by atoms with Crippen molar-refractivity contribution >= 4 is 11.7 Å². The minimum atomic E-state index is -0.271. The fraction of sp³-hybridized carbons (Fsp3) is 0.429. The van der Waals surface area contributed by atoms with Crippen molar-refractivity contribution in [2.75, 3.05) is 18.0 Å². The van der Waals surface area contributed by atoms with Gasteiger partial charge in [-0.2, -0.15) is 5.26 Å². The lowest BCUT2D eigenvalue weighted by molar-refractivity contribution is -0.145. The number of benzene rings is 1. The zero-order valence-corrected chi connectivity index (χ0v) is 10.8. The van der Waals surface area contributed by atoms with E-state index in [0.29, 0.717) is 13.0 Å². The molecule has 18 heavy (non-hydrogen) atoms. The second kappa shape index (κ2) is 7.33. The van der Waals surface area contributed by atoms with Gasteiger partial charge in [-0.25, -0.2) is 0 Å². The first-order valence-electron chi connectivity index (χ1n) is 6.00. The number of para-hydroxylation sites is 1. The summed E-state index contributed by atoms with van der Waals surface area (Å²) in [6.07, 6.45) is 0.259. The van der Waals surface area contributed by atoms with Crippen LogP contribution in [-0.2, 0) is 9.53 Å². The Morgan fingerprint density at radius 3 is 2.61 bits per heavy atom. The van der Waals surface area contributed by atoms with Gasteiger partial charge in [0, 0.05) is 12.2 Å². The zero-order valence-electron chi connectivity index (χ0n) is 10.8. The number of nitriles is 1. The average Bonchev–Trinajstić information content (AvgIpc) is 2.34. The highest BCUT2D eigenvalue weighted by atomic mass is 16.5. The molecular formula is C14H18N2O2. The molecule has 1 aromatic rings. The molecule has 0 radical (unpaired) electrons. The first-order chi connectivity index (χ1) is 8.63. The van der Waals surface area contributed by atoms with Crippen LogP contribution < -0.4 is 4.90 Å². The largest absolute Gasteiger partial charge is 0.462 e. The van der Waals surface area contributed by atoms with Crippen LogP contribution in [0.4, 0.5) is 5.69 Å². The van der Waals surface area contributed by atoms with Gasteiger partial charge in [0.05, 0.1) is 18.6 Å². The second-order valence-corrected chi connectivity index (χ2v) is 4.20. The van der Waals surface area contributed by atoms with Gasteiger partial charge in [0.15, 0.2) is 0 Å². The Labute approximate surface area is 108 Å². The molecule has 0 aliphatic rings. The van der Waals surface area contributed by atoms with E-state index in [4.69, 9.17) is 10.00 Å². The fourth-order valence-corrected chi connectivity index (χ4v) is 1.58. The number of anilines is 1. The molecule has 0 saturated carbocycles. The van der Waals surface area contributed by atoms with E-state index in [0.717, 1.165) is 5.69 Å². The molecule has 4 heteroatoms. The van der Waals surface area contributed by atoms with Crippen molar-refractivity contribution in [2.45, 2.75) is 26.4 Å². The third-order valence-corrected chi connectivity index (χ3v) is 2.30. The molecule has 1 aromatic carbocycles. The predicted octanol–water partition coefficient (Wildman–Crippen LogP) is 2.36. The molecule has 0 amide bonds. The quantitative estimate of drug-likeness (QED) is 0.723. The average molecular weight is 246 g/mol. The second-order valence-electron chi connectivity index (χ2n) is 4.20. The molecule has 1 rings (SSSR count). The van der Waals surface area contributed by atoms with E-state index >= 15 is 0 Å². The van der Waals surface area contributed by atoms with Gasteiger partial charge in [-0.05, 0) is 26.0 Å². The van der Waals surface area contributed by atoms with Crippen molar-refractivity contribution in [1.29, 1.82) is 5.26 Å². The van der Waals surface area contributed by atoms with Crippen molar-refractivity contribution < 1.29 is 9.53 Å². The van der Waals surface area contributed by atoms with E-state index in [1.807, 2.05) is 49.1 Å². The lowest BCUT2D eigenvalue weighted by Gasteiger charge is -2.23. The molecule has 0 saturated heterocycles. The number of hydrogen-bond donors (Lipinski definition) is 0. The minimum absolute atomic E-state index is 0.119. The van der Waals surface area contributed by atoms with Gasteiger partial charge in [0.25, 0.3) is 0 Å². The number of rotatable bonds is 6. The Balaban J connectivity index is 2.68. The molecule has 0 fully saturated rings. The fourth-order valence-electron chi connectivity index (χ4n) is 1.58. The van der Waals surface area contributed by atoms with E-state index < -0.39 is 0 Å². The molecule has 0 heterocycles. The van der Waals surface area contributed by atoms with Gasteiger partial charge < -0.3 is 9.64 Å². The summed E-state index contributed by atoms with van der Waals surface area (Å²) in [6.45, 7) is 4.33. The number of hydrogen-bond acceptors (Lipinski definition) is 4. The lowest BCUT2D eigenvalue weighted by atomic mass is 10.2. The van der Waals surface area contributed by atoms with Crippen LogP contribution in [0.15, 0.2) is 30.3 Å². The summed E-state index contributed by atoms with van der Waals surface area (Å²) in [5.41, 5.74) is 0.924. The maximum atomic E-state index is 11.7. The number of carbonyl (C=O) groups excluding carboxylic acids is 1. The molecule has 0 atom stereocenters. The molecule has 4 nitrogen and oxygen atoms in total. The molecule has 0 aromatic heterocycles. The van der Waals surface area contributed by atoms with Crippen molar-refractivity contribution in [3.05, 3.63) is 30.3 Å². The van der Waals surface area contributed by atoms with Gasteiger partial charge in [0.1, 0.15) is 6.54 Å². The third kappa shape index (κ3) is 4.88. The van der Waals surface area contributed by atoms with E-state index in [-0.39, 0.29) is 18.6 Å². The van der Waals surface area contributed by atoms with Gasteiger partial charge in [-0.3, -0.25) is 4.79 Å². The van der Waals surface area contributed by atoms with Crippen LogP contribution in [0.5, 0.6) is 0 Å². The molecule has 0 unspecified atom stereocenters. The van der Waals surface area contributed by atoms with Crippen molar-refractivity contribution in [3.8, 4) is 6.07 Å². The van der Waals surface area contributed by atoms with E-state index in [9.17, 15) is 4.79 Å². The van der Waals surface area contributed by atoms with Crippen LogP contribution in [0.2, 0.25) is 0 Å². The molecule has 0 bridgehead atoms. The number of esters is 1. The monoisotopic (exact) mass is 246 g/mol. The predicted molar refractivity (Wildman–Crippen MR) is 70.1 cm³/mol. The topological polar surface area (TPSA) is 53.3 Å². The Morgan fingerprint density at radius 2 is 2.06 bits per heavy atom. The lowest BCUT2D eigenvalue weighted by Crippen LogP contribution is -2.32. The Kier molecular flexibility index (Phi) is 5.72. The maximum Gasteiger partial charge on any atom is 0.325 e. The summed E-state index contributed by atoms with van der Waals surface area (Å²) in [5.74, 6) is -0.271. The SMILES string of the molecule is CC(C)OC(=O)CN(CCC#N)c1ccccc1. The Morgan fingerprint density at radius 1 is 1.39 bits per heavy atom. The van der Waals surface area contributed by atoms with Crippen LogP contribution in [0.1, 0.15) is 20.3 Å². The van der Waals surface area contributed by atoms with Crippen LogP contribution in [0, 0.1) is 11.3 Å². The van der Waals surface area contributed by atoms with Crippen LogP contribution in [0.3, 0.4) is 0 Å². The summed E-state index contributed by atoms with van der Waals surface area (Å²) < 4.78 is 5.12. The smallest absolute Gasteiger partial charge is 0.325 e. The first-order valence-corrected chi connectivity index (χ1v) is 6.00. The highest BCUT2D eigenvalue weighted by molar-refractivity contribution is 5.76. The summed E-state index contributed by atoms with van der Waals surface area (Å²) in [6, 6.07) is 11.6. The van der Waals surface area contributed by atoms with E-state index in [2.05, 4.69) is 6.07 Å². The van der Waals surface area contributed by atoms with E-state index in [1.165, 1.54) is 0 Å². The van der Waals surface area contributed by atoms with Crippen LogP contribution >= 0.6 is 0 Å². The normalized spacial score (nSPS) is 9.89. The third-order valence-electron chi connectivity index (χ3n) is 2.30. The minimum Gasteiger partial charge on any atom is -0.462 e. The van der Waals surface area contributed by atoms with Gasteiger partial charge >= 0.3 is 5.97 Å². The highest BCUT2D eigenvalue weighted by Gasteiger charge is 2.13. The van der Waals surface area contributed by atoms with Crippen LogP contribution in [0.25, 0.3) is 0 Å². The Hall–Kier alpha value is -2.02. The van der Waals surface area contributed by atoms with E-state index in [1.54, 1.807) is 0 Å². The van der Waals surface area contributed by atoms with Crippen LogP contribution in [-0.4, -0.2) is 25.2 Å². The number of nitrogens with zero attached hydrogens (tertiary/aromatic N) is 2. The summed E-state index contributed by atoms with van der Waals surface area (Å²) in [4.78, 5) is 13.5. The van der Waals surface area contributed by atoms with Crippen molar-refractivity contribution in [3.63, 3.8) is 0 Å². The summed E-state index contributed by atoms with van der Waals surface area (Å²) >= 11 is 0. The van der Waals surface area contributed by atoms with Gasteiger partial charge in [-0.15, -0.1) is 0 Å². The molecule has 0 N–H and O–H groups in total. The Bertz CT molecular complexity index is 410. The maximum absolute atomic E-state index is 11.7. The van der Waals surface area contributed by atoms with Gasteiger partial charge in [0.2, 0.25) is 0 Å². The van der Waals surface area contributed by atoms with Gasteiger partial charge in [-0.1, -0.05) is 18.2 Å². The zero-order chi connectivity index (χ0) is 13.4. The first kappa shape index (κ1) is 14.0. The molecule has 0 aliphatic heterocycles. The summed E-state index contributed by atoms with van der Waals surface area (Å²) in [5, 5.41) is 8.65. The molecular weight excluding hydrogens is 228 g/mol. The number of carbonyl (C=O) groups is 1. The molecule has 0 aliphatic carbocycles. The molecule has 96 valence electrons. The standard InChI is InChI=1S/C14H18N2O2/c1-12(2)18-14(17)11-16(10-6-9-15)13-7-4-3-5-8-13/h3-5,7-8,12H,6,10-11H2,1-2H3. The van der Waals surface area contributed by atoms with Crippen molar-refractivity contribution in [2.24, 2.45) is 0 Å². The molecule has 0 spiro atoms. The highest BCUT2D eigenvalue weighted by Crippen LogP contribution is 2.13. The number of ether oxygens (including phenoxy) is 1. The summed E-state index contributed by atoms with van der Waals surface area (Å²) in [7, 11) is 0. The van der Waals surface area contributed by atoms with Crippen molar-refractivity contribution in [1.82, 2.24) is 0 Å².